The van der Waals surface area contributed by atoms with E-state index < -0.39 is 5.60 Å². The van der Waals surface area contributed by atoms with Crippen LogP contribution < -0.4 is 0 Å². The average Bonchev–Trinajstić information content (AvgIpc) is 2.99. The van der Waals surface area contributed by atoms with E-state index in [4.69, 9.17) is 4.74 Å². The van der Waals surface area contributed by atoms with Crippen molar-refractivity contribution in [2.24, 2.45) is 5.92 Å². The first-order chi connectivity index (χ1) is 10.8. The first-order valence-electron chi connectivity index (χ1n) is 8.34. The molecule has 5 nitrogen and oxygen atoms in total. The minimum absolute atomic E-state index is 0.234. The molecule has 23 heavy (non-hydrogen) atoms. The van der Waals surface area contributed by atoms with Gasteiger partial charge in [0.2, 0.25) is 0 Å². The molecule has 1 saturated heterocycles. The predicted molar refractivity (Wildman–Crippen MR) is 93.7 cm³/mol. The zero-order valence-corrected chi connectivity index (χ0v) is 15.7. The van der Waals surface area contributed by atoms with Gasteiger partial charge in [-0.05, 0) is 53.0 Å². The van der Waals surface area contributed by atoms with Gasteiger partial charge >= 0.3 is 6.09 Å². The fourth-order valence-corrected chi connectivity index (χ4v) is 3.73. The van der Waals surface area contributed by atoms with E-state index in [1.807, 2.05) is 39.4 Å². The van der Waals surface area contributed by atoms with Crippen molar-refractivity contribution in [3.8, 4) is 0 Å². The van der Waals surface area contributed by atoms with Crippen LogP contribution in [0.3, 0.4) is 0 Å². The molecule has 1 aromatic heterocycles. The topological polar surface area (TPSA) is 45.7 Å². The second kappa shape index (κ2) is 7.62. The Bertz CT molecular complexity index is 498. The van der Waals surface area contributed by atoms with Gasteiger partial charge in [0.15, 0.2) is 0 Å². The molecule has 0 spiro atoms. The molecule has 2 atom stereocenters. The number of hydrogen-bond donors (Lipinski definition) is 0. The van der Waals surface area contributed by atoms with Gasteiger partial charge in [-0.1, -0.05) is 0 Å². The lowest BCUT2D eigenvalue weighted by atomic mass is 9.96. The van der Waals surface area contributed by atoms with Crippen LogP contribution in [0.4, 0.5) is 4.79 Å². The van der Waals surface area contributed by atoms with Crippen LogP contribution in [-0.2, 0) is 4.74 Å². The Balaban J connectivity index is 1.87. The third-order valence-electron chi connectivity index (χ3n) is 4.14. The number of likely N-dealkylation sites (tertiary alicyclic amines) is 1. The van der Waals surface area contributed by atoms with Gasteiger partial charge in [-0.15, -0.1) is 11.3 Å². The molecule has 6 heteroatoms. The number of thiazole rings is 1. The molecule has 1 fully saturated rings. The highest BCUT2D eigenvalue weighted by atomic mass is 32.1. The summed E-state index contributed by atoms with van der Waals surface area (Å²) in [6.07, 6.45) is 3.97. The molecule has 2 heterocycles. The van der Waals surface area contributed by atoms with Crippen LogP contribution in [0.25, 0.3) is 0 Å². The molecule has 0 aliphatic carbocycles. The summed E-state index contributed by atoms with van der Waals surface area (Å²) in [4.78, 5) is 20.8. The highest BCUT2D eigenvalue weighted by Crippen LogP contribution is 2.28. The van der Waals surface area contributed by atoms with Crippen LogP contribution in [0.1, 0.15) is 51.6 Å². The van der Waals surface area contributed by atoms with Crippen molar-refractivity contribution < 1.29 is 9.53 Å². The number of piperidine rings is 1. The van der Waals surface area contributed by atoms with E-state index in [1.54, 1.807) is 16.2 Å². The maximum absolute atomic E-state index is 12.1. The van der Waals surface area contributed by atoms with Crippen molar-refractivity contribution in [3.63, 3.8) is 0 Å². The van der Waals surface area contributed by atoms with Crippen LogP contribution in [0, 0.1) is 5.92 Å². The van der Waals surface area contributed by atoms with E-state index in [1.165, 1.54) is 11.4 Å². The monoisotopic (exact) mass is 339 g/mol. The number of aromatic nitrogens is 1. The van der Waals surface area contributed by atoms with Gasteiger partial charge in [0, 0.05) is 31.7 Å². The van der Waals surface area contributed by atoms with E-state index in [0.29, 0.717) is 12.0 Å². The minimum Gasteiger partial charge on any atom is -0.444 e. The number of rotatable bonds is 4. The highest BCUT2D eigenvalue weighted by molar-refractivity contribution is 7.09. The molecule has 130 valence electrons. The van der Waals surface area contributed by atoms with Gasteiger partial charge in [0.1, 0.15) is 10.6 Å². The van der Waals surface area contributed by atoms with E-state index in [2.05, 4.69) is 16.8 Å². The van der Waals surface area contributed by atoms with Crippen LogP contribution in [-0.4, -0.2) is 53.2 Å². The molecule has 0 bridgehead atoms. The van der Waals surface area contributed by atoms with Gasteiger partial charge in [-0.2, -0.15) is 0 Å². The summed E-state index contributed by atoms with van der Waals surface area (Å²) in [5.74, 6) is 0.490. The van der Waals surface area contributed by atoms with Crippen LogP contribution in [0.2, 0.25) is 0 Å². The number of nitrogens with zero attached hydrogens (tertiary/aromatic N) is 3. The lowest BCUT2D eigenvalue weighted by Gasteiger charge is -2.37. The van der Waals surface area contributed by atoms with Crippen molar-refractivity contribution in [2.75, 3.05) is 26.7 Å². The Kier molecular flexibility index (Phi) is 6.03. The lowest BCUT2D eigenvalue weighted by molar-refractivity contribution is 0.0232. The molecule has 0 aromatic carbocycles. The summed E-state index contributed by atoms with van der Waals surface area (Å²) in [6.45, 7) is 10.8. The van der Waals surface area contributed by atoms with E-state index >= 15 is 0 Å². The Morgan fingerprint density at radius 2 is 2.30 bits per heavy atom. The third-order valence-corrected chi connectivity index (χ3v) is 5.09. The predicted octanol–water partition coefficient (Wildman–Crippen LogP) is 3.78. The molecule has 2 rings (SSSR count). The van der Waals surface area contributed by atoms with Gasteiger partial charge < -0.3 is 9.64 Å². The first kappa shape index (κ1) is 18.2. The third kappa shape index (κ3) is 5.46. The number of carbonyl (C=O) groups excluding carboxylic acids is 1. The number of ether oxygens (including phenoxy) is 1. The Morgan fingerprint density at radius 1 is 1.57 bits per heavy atom. The largest absolute Gasteiger partial charge is 0.444 e. The zero-order chi connectivity index (χ0) is 17.0. The summed E-state index contributed by atoms with van der Waals surface area (Å²) in [7, 11) is 1.83. The molecule has 0 radical (unpaired) electrons. The van der Waals surface area contributed by atoms with Crippen molar-refractivity contribution in [1.29, 1.82) is 0 Å². The lowest BCUT2D eigenvalue weighted by Crippen LogP contribution is -2.43. The Morgan fingerprint density at radius 3 is 2.91 bits per heavy atom. The number of carbonyl (C=O) groups is 1. The van der Waals surface area contributed by atoms with Crippen molar-refractivity contribution in [1.82, 2.24) is 14.8 Å². The smallest absolute Gasteiger partial charge is 0.410 e. The summed E-state index contributed by atoms with van der Waals surface area (Å²) in [5, 5.41) is 3.20. The molecule has 0 unspecified atom stereocenters. The summed E-state index contributed by atoms with van der Waals surface area (Å²) in [6, 6.07) is 0.352. The quantitative estimate of drug-likeness (QED) is 0.837. The zero-order valence-electron chi connectivity index (χ0n) is 14.9. The van der Waals surface area contributed by atoms with Crippen LogP contribution in [0.15, 0.2) is 11.6 Å². The van der Waals surface area contributed by atoms with E-state index in [-0.39, 0.29) is 6.09 Å². The van der Waals surface area contributed by atoms with Gasteiger partial charge in [0.25, 0.3) is 0 Å². The molecule has 1 aromatic rings. The summed E-state index contributed by atoms with van der Waals surface area (Å²) < 4.78 is 5.44. The SMILES string of the molecule is C[C@@H](c1nccs1)N1CCC[C@H](CN(C)C(=O)OC(C)(C)C)C1. The molecule has 0 N–H and O–H groups in total. The standard InChI is InChI=1S/C17H29N3O2S/c1-13(15-18-8-10-23-15)20-9-6-7-14(12-20)11-19(5)16(21)22-17(2,3)4/h8,10,13-14H,6-7,9,11-12H2,1-5H3/t13-,14+/m0/s1. The van der Waals surface area contributed by atoms with Crippen molar-refractivity contribution >= 4 is 17.4 Å². The van der Waals surface area contributed by atoms with Gasteiger partial charge in [0.05, 0.1) is 6.04 Å². The second-order valence-electron chi connectivity index (χ2n) is 7.41. The molecule has 1 aliphatic heterocycles. The summed E-state index contributed by atoms with van der Waals surface area (Å²) >= 11 is 1.71. The number of hydrogen-bond acceptors (Lipinski definition) is 5. The number of amides is 1. The normalized spacial score (nSPS) is 21.0. The summed E-state index contributed by atoms with van der Waals surface area (Å²) in [5.41, 5.74) is -0.441. The fourth-order valence-electron chi connectivity index (χ4n) is 3.00. The van der Waals surface area contributed by atoms with E-state index in [0.717, 1.165) is 26.1 Å². The fraction of sp³-hybridized carbons (Fsp3) is 0.765. The maximum atomic E-state index is 12.1. The van der Waals surface area contributed by atoms with Crippen molar-refractivity contribution in [3.05, 3.63) is 16.6 Å². The van der Waals surface area contributed by atoms with Crippen LogP contribution >= 0.6 is 11.3 Å². The van der Waals surface area contributed by atoms with Crippen LogP contribution in [0.5, 0.6) is 0 Å². The Hall–Kier alpha value is -1.14. The Labute approximate surface area is 143 Å². The molecular formula is C17H29N3O2S. The molecule has 1 amide bonds. The highest BCUT2D eigenvalue weighted by Gasteiger charge is 2.28. The molecule has 1 aliphatic rings. The van der Waals surface area contributed by atoms with Gasteiger partial charge in [-0.25, -0.2) is 9.78 Å². The molecule has 0 saturated carbocycles. The van der Waals surface area contributed by atoms with Gasteiger partial charge in [-0.3, -0.25) is 4.90 Å². The van der Waals surface area contributed by atoms with E-state index in [9.17, 15) is 4.79 Å². The van der Waals surface area contributed by atoms with Crippen molar-refractivity contribution in [2.45, 2.75) is 52.2 Å². The maximum Gasteiger partial charge on any atom is 0.410 e. The first-order valence-corrected chi connectivity index (χ1v) is 9.22. The average molecular weight is 340 g/mol. The minimum atomic E-state index is -0.441. The molecular weight excluding hydrogens is 310 g/mol. The second-order valence-corrected chi connectivity index (χ2v) is 8.34.